The van der Waals surface area contributed by atoms with Gasteiger partial charge in [0, 0.05) is 12.1 Å². The van der Waals surface area contributed by atoms with Crippen molar-refractivity contribution in [2.24, 2.45) is 0 Å². The summed E-state index contributed by atoms with van der Waals surface area (Å²) in [5.74, 6) is 0.728. The first-order chi connectivity index (χ1) is 7.04. The molecule has 0 spiro atoms. The summed E-state index contributed by atoms with van der Waals surface area (Å²) in [5.41, 5.74) is 1.19. The van der Waals surface area contributed by atoms with Crippen LogP contribution in [0.25, 0.3) is 0 Å². The maximum absolute atomic E-state index is 5.96. The van der Waals surface area contributed by atoms with Crippen molar-refractivity contribution in [3.63, 3.8) is 0 Å². The van der Waals surface area contributed by atoms with Crippen LogP contribution < -0.4 is 10.1 Å². The standard InChI is InChI=1S/C12H18ClNO/c1-8(2)14-9(3)10-5-6-11(13)12(7-10)15-4/h5-9,14H,1-4H3/t9-/m1/s1. The van der Waals surface area contributed by atoms with Crippen molar-refractivity contribution in [1.82, 2.24) is 5.32 Å². The number of rotatable bonds is 4. The number of hydrogen-bond donors (Lipinski definition) is 1. The summed E-state index contributed by atoms with van der Waals surface area (Å²) in [6.45, 7) is 6.38. The van der Waals surface area contributed by atoms with Gasteiger partial charge in [0.25, 0.3) is 0 Å². The highest BCUT2D eigenvalue weighted by Crippen LogP contribution is 2.27. The van der Waals surface area contributed by atoms with Gasteiger partial charge >= 0.3 is 0 Å². The normalized spacial score (nSPS) is 12.9. The lowest BCUT2D eigenvalue weighted by Gasteiger charge is -2.18. The maximum atomic E-state index is 5.96. The quantitative estimate of drug-likeness (QED) is 0.851. The van der Waals surface area contributed by atoms with Gasteiger partial charge < -0.3 is 10.1 Å². The summed E-state index contributed by atoms with van der Waals surface area (Å²) in [7, 11) is 1.63. The van der Waals surface area contributed by atoms with E-state index < -0.39 is 0 Å². The summed E-state index contributed by atoms with van der Waals surface area (Å²) in [5, 5.41) is 4.08. The fourth-order valence-electron chi connectivity index (χ4n) is 1.54. The van der Waals surface area contributed by atoms with Crippen LogP contribution in [-0.2, 0) is 0 Å². The van der Waals surface area contributed by atoms with Crippen LogP contribution >= 0.6 is 11.6 Å². The molecule has 0 unspecified atom stereocenters. The third kappa shape index (κ3) is 3.40. The Morgan fingerprint density at radius 3 is 2.47 bits per heavy atom. The second-order valence-corrected chi connectivity index (χ2v) is 4.34. The number of nitrogens with one attached hydrogen (secondary N) is 1. The van der Waals surface area contributed by atoms with Crippen LogP contribution in [0.4, 0.5) is 0 Å². The first-order valence-electron chi connectivity index (χ1n) is 5.14. The Balaban J connectivity index is 2.85. The molecule has 1 aromatic rings. The minimum atomic E-state index is 0.302. The average Bonchev–Trinajstić information content (AvgIpc) is 2.17. The molecule has 2 nitrogen and oxygen atoms in total. The lowest BCUT2D eigenvalue weighted by atomic mass is 10.1. The molecule has 0 aliphatic carbocycles. The third-order valence-corrected chi connectivity index (χ3v) is 2.57. The second-order valence-electron chi connectivity index (χ2n) is 3.94. The van der Waals surface area contributed by atoms with E-state index >= 15 is 0 Å². The van der Waals surface area contributed by atoms with Crippen molar-refractivity contribution >= 4 is 11.6 Å². The van der Waals surface area contributed by atoms with Gasteiger partial charge in [-0.25, -0.2) is 0 Å². The summed E-state index contributed by atoms with van der Waals surface area (Å²) >= 11 is 5.96. The lowest BCUT2D eigenvalue weighted by Crippen LogP contribution is -2.25. The predicted octanol–water partition coefficient (Wildman–Crippen LogP) is 3.41. The molecule has 0 amide bonds. The molecule has 0 aliphatic heterocycles. The molecule has 0 aromatic heterocycles. The van der Waals surface area contributed by atoms with Gasteiger partial charge in [0.2, 0.25) is 0 Å². The fraction of sp³-hybridized carbons (Fsp3) is 0.500. The van der Waals surface area contributed by atoms with Gasteiger partial charge in [-0.05, 0) is 24.6 Å². The zero-order valence-electron chi connectivity index (χ0n) is 9.67. The van der Waals surface area contributed by atoms with Crippen LogP contribution in [0.1, 0.15) is 32.4 Å². The molecule has 84 valence electrons. The molecule has 15 heavy (non-hydrogen) atoms. The molecule has 0 aliphatic rings. The molecule has 0 bridgehead atoms. The van der Waals surface area contributed by atoms with Gasteiger partial charge in [-0.1, -0.05) is 31.5 Å². The maximum Gasteiger partial charge on any atom is 0.137 e. The molecule has 1 N–H and O–H groups in total. The van der Waals surface area contributed by atoms with E-state index in [0.717, 1.165) is 5.75 Å². The molecule has 0 heterocycles. The monoisotopic (exact) mass is 227 g/mol. The van der Waals surface area contributed by atoms with Crippen molar-refractivity contribution in [3.05, 3.63) is 28.8 Å². The van der Waals surface area contributed by atoms with E-state index in [0.29, 0.717) is 17.1 Å². The zero-order chi connectivity index (χ0) is 11.4. The van der Waals surface area contributed by atoms with E-state index in [9.17, 15) is 0 Å². The van der Waals surface area contributed by atoms with E-state index in [1.165, 1.54) is 5.56 Å². The van der Waals surface area contributed by atoms with Crippen LogP contribution in [0.2, 0.25) is 5.02 Å². The van der Waals surface area contributed by atoms with Crippen LogP contribution in [0.3, 0.4) is 0 Å². The minimum absolute atomic E-state index is 0.302. The highest BCUT2D eigenvalue weighted by molar-refractivity contribution is 6.32. The summed E-state index contributed by atoms with van der Waals surface area (Å²) < 4.78 is 5.18. The Labute approximate surface area is 96.6 Å². The Morgan fingerprint density at radius 2 is 1.93 bits per heavy atom. The molecule has 1 aromatic carbocycles. The molecule has 3 heteroatoms. The zero-order valence-corrected chi connectivity index (χ0v) is 10.4. The van der Waals surface area contributed by atoms with E-state index in [1.54, 1.807) is 7.11 Å². The van der Waals surface area contributed by atoms with E-state index in [2.05, 4.69) is 26.1 Å². The van der Waals surface area contributed by atoms with Gasteiger partial charge in [-0.3, -0.25) is 0 Å². The van der Waals surface area contributed by atoms with Gasteiger partial charge in [-0.2, -0.15) is 0 Å². The Hall–Kier alpha value is -0.730. The highest BCUT2D eigenvalue weighted by atomic mass is 35.5. The molecule has 0 fully saturated rings. The SMILES string of the molecule is COc1cc([C@@H](C)NC(C)C)ccc1Cl. The minimum Gasteiger partial charge on any atom is -0.495 e. The van der Waals surface area contributed by atoms with Crippen LogP contribution in [-0.4, -0.2) is 13.2 Å². The van der Waals surface area contributed by atoms with E-state index in [4.69, 9.17) is 16.3 Å². The fourth-order valence-corrected chi connectivity index (χ4v) is 1.74. The number of methoxy groups -OCH3 is 1. The van der Waals surface area contributed by atoms with Gasteiger partial charge in [0.15, 0.2) is 0 Å². The second kappa shape index (κ2) is 5.38. The van der Waals surface area contributed by atoms with Crippen molar-refractivity contribution in [3.8, 4) is 5.75 Å². The van der Waals surface area contributed by atoms with Gasteiger partial charge in [0.05, 0.1) is 12.1 Å². The van der Waals surface area contributed by atoms with E-state index in [-0.39, 0.29) is 0 Å². The van der Waals surface area contributed by atoms with Crippen LogP contribution in [0.15, 0.2) is 18.2 Å². The largest absolute Gasteiger partial charge is 0.495 e. The van der Waals surface area contributed by atoms with Crippen molar-refractivity contribution in [2.45, 2.75) is 32.9 Å². The van der Waals surface area contributed by atoms with Crippen molar-refractivity contribution < 1.29 is 4.74 Å². The summed E-state index contributed by atoms with van der Waals surface area (Å²) in [6.07, 6.45) is 0. The van der Waals surface area contributed by atoms with E-state index in [1.807, 2.05) is 18.2 Å². The first-order valence-corrected chi connectivity index (χ1v) is 5.52. The molecule has 1 atom stereocenters. The van der Waals surface area contributed by atoms with Crippen molar-refractivity contribution in [1.29, 1.82) is 0 Å². The Bertz CT molecular complexity index is 325. The number of hydrogen-bond acceptors (Lipinski definition) is 2. The number of ether oxygens (including phenoxy) is 1. The lowest BCUT2D eigenvalue weighted by molar-refractivity contribution is 0.413. The Morgan fingerprint density at radius 1 is 1.27 bits per heavy atom. The summed E-state index contributed by atoms with van der Waals surface area (Å²) in [6, 6.07) is 6.62. The molecular weight excluding hydrogens is 210 g/mol. The molecule has 1 rings (SSSR count). The van der Waals surface area contributed by atoms with Crippen LogP contribution in [0.5, 0.6) is 5.75 Å². The molecule has 0 saturated heterocycles. The molecular formula is C12H18ClNO. The predicted molar refractivity (Wildman–Crippen MR) is 64.7 cm³/mol. The number of halogens is 1. The van der Waals surface area contributed by atoms with Crippen molar-refractivity contribution in [2.75, 3.05) is 7.11 Å². The van der Waals surface area contributed by atoms with Crippen LogP contribution in [0, 0.1) is 0 Å². The first kappa shape index (κ1) is 12.3. The average molecular weight is 228 g/mol. The Kier molecular flexibility index (Phi) is 4.43. The topological polar surface area (TPSA) is 21.3 Å². The number of benzene rings is 1. The van der Waals surface area contributed by atoms with Gasteiger partial charge in [0.1, 0.15) is 5.75 Å². The third-order valence-electron chi connectivity index (χ3n) is 2.26. The summed E-state index contributed by atoms with van der Waals surface area (Å²) in [4.78, 5) is 0. The molecule has 0 saturated carbocycles. The highest BCUT2D eigenvalue weighted by Gasteiger charge is 2.09. The van der Waals surface area contributed by atoms with Gasteiger partial charge in [-0.15, -0.1) is 0 Å². The molecule has 0 radical (unpaired) electrons. The smallest absolute Gasteiger partial charge is 0.137 e.